The minimum atomic E-state index is -4.74. The van der Waals surface area contributed by atoms with E-state index in [0.717, 1.165) is 10.2 Å². The third kappa shape index (κ3) is 9.12. The minimum Gasteiger partial charge on any atom is -0.446 e. The van der Waals surface area contributed by atoms with Crippen molar-refractivity contribution in [3.63, 3.8) is 0 Å². The number of hydrogen-bond donors (Lipinski definition) is 4. The maximum Gasteiger partial charge on any atom is 0.435 e. The number of aromatic nitrogens is 5. The second-order valence-electron chi connectivity index (χ2n) is 13.3. The summed E-state index contributed by atoms with van der Waals surface area (Å²) in [5.41, 5.74) is -0.0409. The molecule has 0 aliphatic heterocycles. The highest BCUT2D eigenvalue weighted by atomic mass is 19.4. The van der Waals surface area contributed by atoms with Crippen molar-refractivity contribution < 1.29 is 32.3 Å². The van der Waals surface area contributed by atoms with Crippen molar-refractivity contribution >= 4 is 29.4 Å². The van der Waals surface area contributed by atoms with E-state index in [1.165, 1.54) is 29.2 Å². The van der Waals surface area contributed by atoms with Crippen LogP contribution in [0.4, 0.5) is 23.8 Å². The third-order valence-electron chi connectivity index (χ3n) is 8.15. The predicted octanol–water partition coefficient (Wildman–Crippen LogP) is 4.85. The number of ether oxygens (including phenoxy) is 1. The molecule has 51 heavy (non-hydrogen) atoms. The molecule has 3 aromatic heterocycles. The lowest BCUT2D eigenvalue weighted by molar-refractivity contribution is -0.141. The van der Waals surface area contributed by atoms with E-state index in [1.807, 2.05) is 27.7 Å². The van der Waals surface area contributed by atoms with Crippen LogP contribution in [0.15, 0.2) is 49.1 Å². The van der Waals surface area contributed by atoms with Crippen molar-refractivity contribution in [3.05, 3.63) is 65.9 Å². The van der Waals surface area contributed by atoms with E-state index in [9.17, 15) is 27.6 Å². The summed E-state index contributed by atoms with van der Waals surface area (Å²) in [5, 5.41) is 24.2. The van der Waals surface area contributed by atoms with Crippen molar-refractivity contribution in [2.45, 2.75) is 77.4 Å². The molecule has 1 aromatic carbocycles. The lowest BCUT2D eigenvalue weighted by Gasteiger charge is -2.34. The summed E-state index contributed by atoms with van der Waals surface area (Å²) in [4.78, 5) is 45.6. The quantitative estimate of drug-likeness (QED) is 0.150. The monoisotopic (exact) mass is 708 g/mol. The first-order valence-electron chi connectivity index (χ1n) is 16.4. The molecule has 1 fully saturated rings. The normalized spacial score (nSPS) is 16.4. The number of anilines is 1. The molecule has 0 saturated heterocycles. The molecule has 1 unspecified atom stereocenters. The van der Waals surface area contributed by atoms with Crippen LogP contribution >= 0.6 is 0 Å². The maximum absolute atomic E-state index is 13.8. The fourth-order valence-corrected chi connectivity index (χ4v) is 5.51. The summed E-state index contributed by atoms with van der Waals surface area (Å²) in [7, 11) is 0. The smallest absolute Gasteiger partial charge is 0.435 e. The predicted molar refractivity (Wildman–Crippen MR) is 179 cm³/mol. The topological polar surface area (TPSA) is 180 Å². The van der Waals surface area contributed by atoms with Gasteiger partial charge < -0.3 is 26.0 Å². The zero-order chi connectivity index (χ0) is 36.9. The number of nitriles is 1. The number of nitrogens with one attached hydrogen (secondary N) is 4. The average Bonchev–Trinajstić information content (AvgIpc) is 3.67. The summed E-state index contributed by atoms with van der Waals surface area (Å²) in [6.45, 7) is 7.84. The van der Waals surface area contributed by atoms with Gasteiger partial charge in [-0.1, -0.05) is 12.1 Å². The summed E-state index contributed by atoms with van der Waals surface area (Å²) in [5.74, 6) is -0.248. The number of halogens is 3. The van der Waals surface area contributed by atoms with Crippen LogP contribution in [0.25, 0.3) is 16.9 Å². The van der Waals surface area contributed by atoms with E-state index < -0.39 is 23.5 Å². The first-order valence-corrected chi connectivity index (χ1v) is 16.4. The lowest BCUT2D eigenvalue weighted by Crippen LogP contribution is -2.47. The number of nitrogens with zero attached hydrogens (tertiary/aromatic N) is 6. The Labute approximate surface area is 291 Å². The third-order valence-corrected chi connectivity index (χ3v) is 8.15. The largest absolute Gasteiger partial charge is 0.446 e. The minimum absolute atomic E-state index is 0.102. The Kier molecular flexibility index (Phi) is 10.8. The van der Waals surface area contributed by atoms with Crippen LogP contribution in [-0.4, -0.2) is 66.8 Å². The highest BCUT2D eigenvalue weighted by molar-refractivity contribution is 5.94. The SMILES string of the molecule is CC(Nc1nccn2c(-c3cn(CC#N)nc3C(F)(F)F)cnc12)c1ccc(C(=O)NCCCNC(=O)C2CC(OC(=O)NC(C)(C)C)C2)cc1. The molecule has 5 rings (SSSR count). The number of alkyl carbamates (subject to hydrolysis) is 1. The van der Waals surface area contributed by atoms with Gasteiger partial charge in [0.05, 0.1) is 29.6 Å². The number of benzene rings is 1. The fourth-order valence-electron chi connectivity index (χ4n) is 5.51. The van der Waals surface area contributed by atoms with Crippen LogP contribution < -0.4 is 21.3 Å². The molecule has 270 valence electrons. The molecule has 0 spiro atoms. The van der Waals surface area contributed by atoms with Crippen LogP contribution in [0.5, 0.6) is 0 Å². The Morgan fingerprint density at radius 1 is 1.08 bits per heavy atom. The van der Waals surface area contributed by atoms with E-state index >= 15 is 0 Å². The lowest BCUT2D eigenvalue weighted by atomic mass is 9.81. The number of alkyl halides is 3. The molecular formula is C34H39F3N10O4. The molecule has 0 radical (unpaired) electrons. The van der Waals surface area contributed by atoms with Gasteiger partial charge in [0.1, 0.15) is 12.6 Å². The molecule has 0 bridgehead atoms. The van der Waals surface area contributed by atoms with Crippen molar-refractivity contribution in [1.82, 2.24) is 40.1 Å². The number of hydrogen-bond acceptors (Lipinski definition) is 9. The highest BCUT2D eigenvalue weighted by Gasteiger charge is 2.39. The second-order valence-corrected chi connectivity index (χ2v) is 13.3. The molecule has 1 aliphatic rings. The highest BCUT2D eigenvalue weighted by Crippen LogP contribution is 2.37. The van der Waals surface area contributed by atoms with Crippen LogP contribution in [0.2, 0.25) is 0 Å². The van der Waals surface area contributed by atoms with Gasteiger partial charge in [-0.3, -0.25) is 18.7 Å². The van der Waals surface area contributed by atoms with Gasteiger partial charge >= 0.3 is 12.3 Å². The molecule has 14 nitrogen and oxygen atoms in total. The Hall–Kier alpha value is -5.66. The molecule has 1 aliphatic carbocycles. The van der Waals surface area contributed by atoms with Crippen molar-refractivity contribution in [1.29, 1.82) is 5.26 Å². The number of rotatable bonds is 12. The molecule has 3 heterocycles. The molecule has 1 atom stereocenters. The van der Waals surface area contributed by atoms with Gasteiger partial charge in [0.25, 0.3) is 5.91 Å². The zero-order valence-electron chi connectivity index (χ0n) is 28.5. The second kappa shape index (κ2) is 15.1. The van der Waals surface area contributed by atoms with Crippen LogP contribution in [0, 0.1) is 17.2 Å². The summed E-state index contributed by atoms with van der Waals surface area (Å²) in [6, 6.07) is 8.41. The number of carbonyl (C=O) groups excluding carboxylic acids is 3. The number of imidazole rings is 1. The van der Waals surface area contributed by atoms with Crippen LogP contribution in [0.3, 0.4) is 0 Å². The van der Waals surface area contributed by atoms with E-state index in [2.05, 4.69) is 36.3 Å². The average molecular weight is 709 g/mol. The standard InChI is InChI=1S/C34H39F3N10O4/c1-20(43-28-29-42-18-26(47(29)15-13-39-28)25-19-46(14-10-38)45-27(25)34(35,36)37)21-6-8-22(9-7-21)30(48)40-11-5-12-41-31(49)23-16-24(17-23)51-32(50)44-33(2,3)4/h6-9,13,15,18-20,23-24H,5,11-12,14,16-17H2,1-4H3,(H,39,43)(H,40,48)(H,41,49)(H,44,50). The first-order chi connectivity index (χ1) is 24.1. The Bertz CT molecular complexity index is 1920. The van der Waals surface area contributed by atoms with E-state index in [-0.39, 0.29) is 47.7 Å². The molecule has 4 aromatic rings. The van der Waals surface area contributed by atoms with Gasteiger partial charge in [0, 0.05) is 48.7 Å². The van der Waals surface area contributed by atoms with E-state index in [1.54, 1.807) is 30.3 Å². The summed E-state index contributed by atoms with van der Waals surface area (Å²) < 4.78 is 49.0. The van der Waals surface area contributed by atoms with Gasteiger partial charge in [-0.2, -0.15) is 23.5 Å². The molecular weight excluding hydrogens is 669 g/mol. The van der Waals surface area contributed by atoms with E-state index in [0.29, 0.717) is 49.4 Å². The number of carbonyl (C=O) groups is 3. The van der Waals surface area contributed by atoms with Crippen molar-refractivity contribution in [3.8, 4) is 17.3 Å². The molecule has 3 amide bonds. The fraction of sp³-hybridized carbons (Fsp3) is 0.441. The Morgan fingerprint density at radius 2 is 1.78 bits per heavy atom. The van der Waals surface area contributed by atoms with Gasteiger partial charge in [-0.25, -0.2) is 14.8 Å². The summed E-state index contributed by atoms with van der Waals surface area (Å²) in [6.07, 6.45) is 1.38. The number of fused-ring (bicyclic) bond motifs is 1. The molecule has 4 N–H and O–H groups in total. The Morgan fingerprint density at radius 3 is 2.45 bits per heavy atom. The van der Waals surface area contributed by atoms with Crippen molar-refractivity contribution in [2.75, 3.05) is 18.4 Å². The first kappa shape index (κ1) is 36.6. The van der Waals surface area contributed by atoms with Gasteiger partial charge in [-0.05, 0) is 64.7 Å². The van der Waals surface area contributed by atoms with Gasteiger partial charge in [0.15, 0.2) is 17.2 Å². The summed E-state index contributed by atoms with van der Waals surface area (Å²) >= 11 is 0. The zero-order valence-corrected chi connectivity index (χ0v) is 28.5. The van der Waals surface area contributed by atoms with Crippen molar-refractivity contribution in [2.24, 2.45) is 5.92 Å². The van der Waals surface area contributed by atoms with Gasteiger partial charge in [0.2, 0.25) is 5.91 Å². The van der Waals surface area contributed by atoms with Gasteiger partial charge in [-0.15, -0.1) is 0 Å². The van der Waals surface area contributed by atoms with Crippen LogP contribution in [-0.2, 0) is 22.3 Å². The Balaban J connectivity index is 1.09. The maximum atomic E-state index is 13.8. The van der Waals surface area contributed by atoms with Crippen LogP contribution in [0.1, 0.15) is 74.6 Å². The molecule has 1 saturated carbocycles. The number of amides is 3. The molecule has 17 heteroatoms. The van der Waals surface area contributed by atoms with E-state index in [4.69, 9.17) is 10.00 Å².